The van der Waals surface area contributed by atoms with E-state index in [1.54, 1.807) is 24.4 Å². The van der Waals surface area contributed by atoms with Crippen LogP contribution in [0.2, 0.25) is 5.02 Å². The monoisotopic (exact) mass is 475 g/mol. The molecule has 2 aromatic rings. The number of piperazine rings is 1. The molecule has 1 saturated heterocycles. The minimum Gasteiger partial charge on any atom is -0.370 e. The molecule has 1 aromatic carbocycles. The Morgan fingerprint density at radius 1 is 1.12 bits per heavy atom. The van der Waals surface area contributed by atoms with Gasteiger partial charge in [-0.3, -0.25) is 4.98 Å². The SMILES string of the molecule is I.NC(=NCc1ccc(Cl)cn1)N1CCN(c2ccc(F)cc2)CC1. The average Bonchev–Trinajstić information content (AvgIpc) is 2.62. The van der Waals surface area contributed by atoms with Crippen LogP contribution in [0.5, 0.6) is 0 Å². The molecule has 8 heteroatoms. The topological polar surface area (TPSA) is 57.8 Å². The van der Waals surface area contributed by atoms with Gasteiger partial charge in [-0.2, -0.15) is 0 Å². The lowest BCUT2D eigenvalue weighted by Crippen LogP contribution is -2.51. The summed E-state index contributed by atoms with van der Waals surface area (Å²) in [6, 6.07) is 10.2. The fourth-order valence-corrected chi connectivity index (χ4v) is 2.72. The van der Waals surface area contributed by atoms with Crippen molar-refractivity contribution >= 4 is 47.2 Å². The molecule has 2 N–H and O–H groups in total. The zero-order chi connectivity index (χ0) is 16.9. The molecule has 0 aliphatic carbocycles. The van der Waals surface area contributed by atoms with Crippen LogP contribution in [0.4, 0.5) is 10.1 Å². The molecule has 0 unspecified atom stereocenters. The van der Waals surface area contributed by atoms with Crippen LogP contribution < -0.4 is 10.6 Å². The van der Waals surface area contributed by atoms with Crippen LogP contribution in [0.15, 0.2) is 47.6 Å². The molecule has 2 heterocycles. The molecule has 3 rings (SSSR count). The molecule has 5 nitrogen and oxygen atoms in total. The molecule has 0 spiro atoms. The summed E-state index contributed by atoms with van der Waals surface area (Å²) < 4.78 is 13.0. The van der Waals surface area contributed by atoms with Gasteiger partial charge in [-0.05, 0) is 36.4 Å². The summed E-state index contributed by atoms with van der Waals surface area (Å²) >= 11 is 5.81. The van der Waals surface area contributed by atoms with Crippen molar-refractivity contribution in [2.24, 2.45) is 10.7 Å². The molecular formula is C17H20ClFIN5. The van der Waals surface area contributed by atoms with Crippen LogP contribution in [0.25, 0.3) is 0 Å². The summed E-state index contributed by atoms with van der Waals surface area (Å²) in [5, 5.41) is 0.604. The Bertz CT molecular complexity index is 700. The molecule has 0 amide bonds. The van der Waals surface area contributed by atoms with Gasteiger partial charge in [-0.15, -0.1) is 24.0 Å². The highest BCUT2D eigenvalue weighted by atomic mass is 127. The minimum atomic E-state index is -0.218. The highest BCUT2D eigenvalue weighted by molar-refractivity contribution is 14.0. The summed E-state index contributed by atoms with van der Waals surface area (Å²) in [5.74, 6) is 0.301. The lowest BCUT2D eigenvalue weighted by atomic mass is 10.2. The standard InChI is InChI=1S/C17H19ClFN5.HI/c18-13-1-4-15(21-11-13)12-22-17(20)24-9-7-23(8-10-24)16-5-2-14(19)3-6-16;/h1-6,11H,7-10,12H2,(H2,20,22);1H. The van der Waals surface area contributed by atoms with Crippen molar-refractivity contribution < 1.29 is 4.39 Å². The second-order valence-electron chi connectivity index (χ2n) is 5.59. The number of guanidine groups is 1. The predicted molar refractivity (Wildman–Crippen MR) is 110 cm³/mol. The third kappa shape index (κ3) is 5.43. The van der Waals surface area contributed by atoms with Crippen molar-refractivity contribution in [1.82, 2.24) is 9.88 Å². The molecule has 134 valence electrons. The number of anilines is 1. The number of pyridine rings is 1. The number of nitrogens with two attached hydrogens (primary N) is 1. The maximum Gasteiger partial charge on any atom is 0.191 e. The Morgan fingerprint density at radius 2 is 1.80 bits per heavy atom. The van der Waals surface area contributed by atoms with Gasteiger partial charge in [0.25, 0.3) is 0 Å². The van der Waals surface area contributed by atoms with E-state index in [1.807, 2.05) is 6.07 Å². The summed E-state index contributed by atoms with van der Waals surface area (Å²) in [7, 11) is 0. The van der Waals surface area contributed by atoms with Crippen LogP contribution in [0, 0.1) is 5.82 Å². The number of hydrogen-bond donors (Lipinski definition) is 1. The van der Waals surface area contributed by atoms with Gasteiger partial charge >= 0.3 is 0 Å². The largest absolute Gasteiger partial charge is 0.370 e. The van der Waals surface area contributed by atoms with E-state index in [9.17, 15) is 4.39 Å². The zero-order valence-electron chi connectivity index (χ0n) is 13.6. The second kappa shape index (κ2) is 9.19. The Morgan fingerprint density at radius 3 is 2.40 bits per heavy atom. The predicted octanol–water partition coefficient (Wildman–Crippen LogP) is 3.13. The van der Waals surface area contributed by atoms with E-state index in [1.165, 1.54) is 12.1 Å². The van der Waals surface area contributed by atoms with Gasteiger partial charge < -0.3 is 15.5 Å². The number of aromatic nitrogens is 1. The van der Waals surface area contributed by atoms with Crippen LogP contribution in [-0.4, -0.2) is 42.0 Å². The van der Waals surface area contributed by atoms with E-state index < -0.39 is 0 Å². The first-order valence-electron chi connectivity index (χ1n) is 7.77. The lowest BCUT2D eigenvalue weighted by Gasteiger charge is -2.36. The van der Waals surface area contributed by atoms with E-state index in [0.717, 1.165) is 37.6 Å². The number of halogens is 3. The van der Waals surface area contributed by atoms with Crippen molar-refractivity contribution in [1.29, 1.82) is 0 Å². The molecule has 25 heavy (non-hydrogen) atoms. The Kier molecular flexibility index (Phi) is 7.24. The number of nitrogens with zero attached hydrogens (tertiary/aromatic N) is 4. The van der Waals surface area contributed by atoms with Crippen molar-refractivity contribution in [2.45, 2.75) is 6.54 Å². The summed E-state index contributed by atoms with van der Waals surface area (Å²) in [6.07, 6.45) is 1.60. The maximum atomic E-state index is 13.0. The van der Waals surface area contributed by atoms with Gasteiger partial charge in [-0.25, -0.2) is 9.38 Å². The fourth-order valence-electron chi connectivity index (χ4n) is 2.61. The highest BCUT2D eigenvalue weighted by Crippen LogP contribution is 2.17. The number of aliphatic imine (C=N–C) groups is 1. The third-order valence-corrected chi connectivity index (χ3v) is 4.21. The van der Waals surface area contributed by atoms with Gasteiger partial charge in [0.1, 0.15) is 5.82 Å². The quantitative estimate of drug-likeness (QED) is 0.421. The van der Waals surface area contributed by atoms with Crippen LogP contribution in [-0.2, 0) is 6.54 Å². The minimum absolute atomic E-state index is 0. The van der Waals surface area contributed by atoms with Gasteiger partial charge in [0, 0.05) is 38.1 Å². The van der Waals surface area contributed by atoms with Crippen molar-refractivity contribution in [3.8, 4) is 0 Å². The summed E-state index contributed by atoms with van der Waals surface area (Å²) in [5.41, 5.74) is 7.94. The van der Waals surface area contributed by atoms with Crippen molar-refractivity contribution in [2.75, 3.05) is 31.1 Å². The Labute approximate surface area is 168 Å². The normalized spacial score (nSPS) is 15.0. The van der Waals surface area contributed by atoms with Gasteiger partial charge in [0.2, 0.25) is 0 Å². The molecule has 1 aliphatic rings. The first-order chi connectivity index (χ1) is 11.6. The number of benzene rings is 1. The maximum absolute atomic E-state index is 13.0. The van der Waals surface area contributed by atoms with Crippen LogP contribution >= 0.6 is 35.6 Å². The van der Waals surface area contributed by atoms with E-state index in [4.69, 9.17) is 17.3 Å². The van der Waals surface area contributed by atoms with Crippen molar-refractivity contribution in [3.63, 3.8) is 0 Å². The van der Waals surface area contributed by atoms with E-state index >= 15 is 0 Å². The van der Waals surface area contributed by atoms with Gasteiger partial charge in [0.15, 0.2) is 5.96 Å². The third-order valence-electron chi connectivity index (χ3n) is 3.99. The van der Waals surface area contributed by atoms with Crippen molar-refractivity contribution in [3.05, 3.63) is 59.1 Å². The number of hydrogen-bond acceptors (Lipinski definition) is 3. The highest BCUT2D eigenvalue weighted by Gasteiger charge is 2.18. The van der Waals surface area contributed by atoms with Crippen LogP contribution in [0.1, 0.15) is 5.69 Å². The Hall–Kier alpha value is -1.61. The van der Waals surface area contributed by atoms with Gasteiger partial charge in [-0.1, -0.05) is 11.6 Å². The Balaban J connectivity index is 0.00000225. The first kappa shape index (κ1) is 19.7. The first-order valence-corrected chi connectivity index (χ1v) is 8.15. The average molecular weight is 476 g/mol. The van der Waals surface area contributed by atoms with E-state index in [0.29, 0.717) is 17.5 Å². The fraction of sp³-hybridized carbons (Fsp3) is 0.294. The molecule has 0 atom stereocenters. The van der Waals surface area contributed by atoms with E-state index in [2.05, 4.69) is 19.8 Å². The smallest absolute Gasteiger partial charge is 0.191 e. The van der Waals surface area contributed by atoms with E-state index in [-0.39, 0.29) is 29.8 Å². The molecule has 1 aromatic heterocycles. The number of rotatable bonds is 3. The van der Waals surface area contributed by atoms with Gasteiger partial charge in [0.05, 0.1) is 17.3 Å². The lowest BCUT2D eigenvalue weighted by molar-refractivity contribution is 0.380. The van der Waals surface area contributed by atoms with Crippen LogP contribution in [0.3, 0.4) is 0 Å². The summed E-state index contributed by atoms with van der Waals surface area (Å²) in [4.78, 5) is 12.9. The molecule has 0 bridgehead atoms. The second-order valence-corrected chi connectivity index (χ2v) is 6.03. The molecule has 1 aliphatic heterocycles. The molecule has 0 radical (unpaired) electrons. The molecule has 0 saturated carbocycles. The molecular weight excluding hydrogens is 456 g/mol. The zero-order valence-corrected chi connectivity index (χ0v) is 16.7. The molecule has 1 fully saturated rings. The summed E-state index contributed by atoms with van der Waals surface area (Å²) in [6.45, 7) is 3.63.